The van der Waals surface area contributed by atoms with Crippen LogP contribution in [-0.4, -0.2) is 69.7 Å². The van der Waals surface area contributed by atoms with Crippen molar-refractivity contribution in [1.82, 2.24) is 14.5 Å². The Hall–Kier alpha value is -2.78. The Labute approximate surface area is 236 Å². The molecule has 3 fully saturated rings. The van der Waals surface area contributed by atoms with Gasteiger partial charge in [-0.25, -0.2) is 9.78 Å². The number of para-hydroxylation sites is 2. The van der Waals surface area contributed by atoms with E-state index in [1.54, 1.807) is 0 Å². The molecule has 0 unspecified atom stereocenters. The van der Waals surface area contributed by atoms with E-state index in [1.807, 2.05) is 28.8 Å². The summed E-state index contributed by atoms with van der Waals surface area (Å²) in [5, 5.41) is 13.7. The number of aliphatic carboxylic acids is 1. The first-order chi connectivity index (χ1) is 19.5. The number of fused-ring (bicyclic) bond motifs is 3. The minimum atomic E-state index is -1.34. The van der Waals surface area contributed by atoms with Gasteiger partial charge in [-0.05, 0) is 56.6 Å². The zero-order chi connectivity index (χ0) is 28.1. The lowest BCUT2D eigenvalue weighted by atomic mass is 9.78. The van der Waals surface area contributed by atoms with Crippen molar-refractivity contribution in [2.24, 2.45) is 11.1 Å². The molecular weight excluding hydrogens is 508 g/mol. The van der Waals surface area contributed by atoms with E-state index in [4.69, 9.17) is 9.57 Å². The molecule has 5 rings (SSSR count). The van der Waals surface area contributed by atoms with Gasteiger partial charge in [0, 0.05) is 31.3 Å². The van der Waals surface area contributed by atoms with Crippen molar-refractivity contribution < 1.29 is 19.5 Å². The van der Waals surface area contributed by atoms with Crippen LogP contribution in [-0.2, 0) is 14.4 Å². The van der Waals surface area contributed by atoms with Crippen LogP contribution >= 0.6 is 0 Å². The van der Waals surface area contributed by atoms with Crippen LogP contribution in [0.3, 0.4) is 0 Å². The minimum Gasteiger partial charge on any atom is -0.476 e. The third kappa shape index (κ3) is 6.25. The fraction of sp³-hybridized carbons (Fsp3) is 0.677. The lowest BCUT2D eigenvalue weighted by Crippen LogP contribution is -2.57. The summed E-state index contributed by atoms with van der Waals surface area (Å²) < 4.78 is 6.78. The number of carbonyl (C=O) groups is 1. The lowest BCUT2D eigenvalue weighted by Gasteiger charge is -2.53. The van der Waals surface area contributed by atoms with Crippen LogP contribution in [0.5, 0.6) is 0 Å². The number of oxime groups is 1. The summed E-state index contributed by atoms with van der Waals surface area (Å²) in [6, 6.07) is 8.97. The molecule has 2 bridgehead atoms. The third-order valence-corrected chi connectivity index (χ3v) is 9.21. The first-order valence-corrected chi connectivity index (χ1v) is 15.2. The SMILES string of the molecule is COCCO/N=C(\C(=O)O)c1nc2ccccc2n([C@H]2C[C@H]3CCC[C@@H](C2)N3[C@@H]2CCCCCC[C@@H](C)C2)c1=O. The second-order valence-electron chi connectivity index (χ2n) is 12.0. The molecule has 3 heterocycles. The van der Waals surface area contributed by atoms with Gasteiger partial charge in [-0.2, -0.15) is 0 Å². The molecule has 2 saturated heterocycles. The highest BCUT2D eigenvalue weighted by atomic mass is 16.6. The quantitative estimate of drug-likeness (QED) is 0.274. The van der Waals surface area contributed by atoms with Crippen LogP contribution in [0.2, 0.25) is 0 Å². The molecule has 9 heteroatoms. The lowest BCUT2D eigenvalue weighted by molar-refractivity contribution is -0.129. The summed E-state index contributed by atoms with van der Waals surface area (Å²) in [4.78, 5) is 38.7. The molecular formula is C31H44N4O5. The summed E-state index contributed by atoms with van der Waals surface area (Å²) in [5.74, 6) is -0.597. The third-order valence-electron chi connectivity index (χ3n) is 9.21. The van der Waals surface area contributed by atoms with Crippen molar-refractivity contribution in [3.63, 3.8) is 0 Å². The Bertz CT molecular complexity index is 1250. The average Bonchev–Trinajstić information content (AvgIpc) is 3.04. The van der Waals surface area contributed by atoms with Crippen molar-refractivity contribution >= 4 is 22.7 Å². The molecule has 0 amide bonds. The minimum absolute atomic E-state index is 0.0242. The number of hydrogen-bond donors (Lipinski definition) is 1. The monoisotopic (exact) mass is 552 g/mol. The fourth-order valence-corrected chi connectivity index (χ4v) is 7.48. The van der Waals surface area contributed by atoms with Gasteiger partial charge >= 0.3 is 5.97 Å². The predicted molar refractivity (Wildman–Crippen MR) is 155 cm³/mol. The Balaban J connectivity index is 1.49. The molecule has 2 aromatic rings. The Morgan fingerprint density at radius 2 is 1.62 bits per heavy atom. The number of benzene rings is 1. The maximum Gasteiger partial charge on any atom is 0.360 e. The van der Waals surface area contributed by atoms with Crippen LogP contribution in [0.1, 0.15) is 95.7 Å². The van der Waals surface area contributed by atoms with E-state index in [-0.39, 0.29) is 24.9 Å². The molecule has 1 aliphatic carbocycles. The largest absolute Gasteiger partial charge is 0.476 e. The summed E-state index contributed by atoms with van der Waals surface area (Å²) >= 11 is 0. The Morgan fingerprint density at radius 1 is 0.950 bits per heavy atom. The predicted octanol–water partition coefficient (Wildman–Crippen LogP) is 5.16. The van der Waals surface area contributed by atoms with Crippen molar-refractivity contribution in [2.45, 2.75) is 108 Å². The first-order valence-electron chi connectivity index (χ1n) is 15.2. The summed E-state index contributed by atoms with van der Waals surface area (Å²) in [5.41, 5.74) is 0.261. The molecule has 218 valence electrons. The number of nitrogens with zero attached hydrogens (tertiary/aromatic N) is 4. The van der Waals surface area contributed by atoms with Gasteiger partial charge in [-0.1, -0.05) is 62.7 Å². The van der Waals surface area contributed by atoms with E-state index in [0.717, 1.165) is 37.1 Å². The molecule has 40 heavy (non-hydrogen) atoms. The summed E-state index contributed by atoms with van der Waals surface area (Å²) in [6.45, 7) is 2.76. The van der Waals surface area contributed by atoms with E-state index >= 15 is 0 Å². The Kier molecular flexibility index (Phi) is 9.52. The van der Waals surface area contributed by atoms with Gasteiger partial charge in [0.25, 0.3) is 5.56 Å². The van der Waals surface area contributed by atoms with Gasteiger partial charge in [0.2, 0.25) is 5.71 Å². The smallest absolute Gasteiger partial charge is 0.360 e. The van der Waals surface area contributed by atoms with E-state index < -0.39 is 17.2 Å². The fourth-order valence-electron chi connectivity index (χ4n) is 7.48. The van der Waals surface area contributed by atoms with E-state index in [0.29, 0.717) is 23.6 Å². The van der Waals surface area contributed by atoms with Gasteiger partial charge in [0.1, 0.15) is 6.61 Å². The van der Waals surface area contributed by atoms with Gasteiger partial charge in [0.05, 0.1) is 17.6 Å². The Morgan fingerprint density at radius 3 is 2.35 bits per heavy atom. The molecule has 0 spiro atoms. The highest BCUT2D eigenvalue weighted by molar-refractivity contribution is 6.41. The highest BCUT2D eigenvalue weighted by Gasteiger charge is 2.43. The van der Waals surface area contributed by atoms with Crippen molar-refractivity contribution in [1.29, 1.82) is 0 Å². The molecule has 5 atom stereocenters. The van der Waals surface area contributed by atoms with E-state index in [9.17, 15) is 14.7 Å². The van der Waals surface area contributed by atoms with Crippen LogP contribution in [0, 0.1) is 5.92 Å². The number of carboxylic acid groups (broad SMARTS) is 1. The van der Waals surface area contributed by atoms with Crippen molar-refractivity contribution in [2.75, 3.05) is 20.3 Å². The number of methoxy groups -OCH3 is 1. The van der Waals surface area contributed by atoms with Crippen LogP contribution in [0.15, 0.2) is 34.2 Å². The molecule has 0 radical (unpaired) electrons. The maximum absolute atomic E-state index is 14.0. The number of piperidine rings is 2. The molecule has 1 aromatic carbocycles. The number of rotatable bonds is 8. The highest BCUT2D eigenvalue weighted by Crippen LogP contribution is 2.43. The van der Waals surface area contributed by atoms with Crippen molar-refractivity contribution in [3.05, 3.63) is 40.3 Å². The molecule has 1 aromatic heterocycles. The maximum atomic E-state index is 14.0. The second-order valence-corrected chi connectivity index (χ2v) is 12.0. The molecule has 3 aliphatic rings. The van der Waals surface area contributed by atoms with Gasteiger partial charge in [0.15, 0.2) is 5.69 Å². The molecule has 1 saturated carbocycles. The zero-order valence-corrected chi connectivity index (χ0v) is 24.0. The van der Waals surface area contributed by atoms with Gasteiger partial charge < -0.3 is 19.2 Å². The van der Waals surface area contributed by atoms with Gasteiger partial charge in [-0.3, -0.25) is 9.69 Å². The standard InChI is InChI=1S/C31H44N4O5/c1-21-10-5-3-4-6-11-22(18-21)34-23-12-9-13-24(34)20-25(19-23)35-27-15-8-7-14-26(27)32-28(30(35)36)29(31(37)38)33-40-17-16-39-2/h7-8,14-15,21-25H,3-6,9-13,16-20H2,1-2H3,(H,37,38)/b33-29-/t21-,22-,23-,24+,25+/m1/s1. The number of carboxylic acids is 1. The average molecular weight is 553 g/mol. The number of hydrogen-bond acceptors (Lipinski definition) is 7. The molecule has 1 N–H and O–H groups in total. The molecule has 9 nitrogen and oxygen atoms in total. The number of aromatic nitrogens is 2. The summed E-state index contributed by atoms with van der Waals surface area (Å²) in [7, 11) is 1.52. The van der Waals surface area contributed by atoms with E-state index in [1.165, 1.54) is 58.5 Å². The van der Waals surface area contributed by atoms with E-state index in [2.05, 4.69) is 22.0 Å². The summed E-state index contributed by atoms with van der Waals surface area (Å²) in [6.07, 6.45) is 14.5. The topological polar surface area (TPSA) is 106 Å². The number of ether oxygens (including phenoxy) is 1. The van der Waals surface area contributed by atoms with Crippen LogP contribution in [0.25, 0.3) is 11.0 Å². The molecule has 2 aliphatic heterocycles. The van der Waals surface area contributed by atoms with Crippen LogP contribution < -0.4 is 5.56 Å². The second kappa shape index (κ2) is 13.3. The van der Waals surface area contributed by atoms with Crippen molar-refractivity contribution in [3.8, 4) is 0 Å². The zero-order valence-electron chi connectivity index (χ0n) is 24.0. The normalized spacial score (nSPS) is 28.4. The van der Waals surface area contributed by atoms with Gasteiger partial charge in [-0.15, -0.1) is 0 Å². The first kappa shape index (κ1) is 28.7. The van der Waals surface area contributed by atoms with Crippen LogP contribution in [0.4, 0.5) is 0 Å².